The van der Waals surface area contributed by atoms with Crippen LogP contribution in [0.2, 0.25) is 0 Å². The van der Waals surface area contributed by atoms with E-state index in [-0.39, 0.29) is 31.2 Å². The van der Waals surface area contributed by atoms with Gasteiger partial charge in [-0.05, 0) is 0 Å². The highest BCUT2D eigenvalue weighted by atomic mass is 16.4. The first-order chi connectivity index (χ1) is 6.43. The molecule has 6 nitrogen and oxygen atoms in total. The Kier molecular flexibility index (Phi) is 5.28. The average molecular weight is 202 g/mol. The van der Waals surface area contributed by atoms with E-state index in [1.165, 1.54) is 4.90 Å². The van der Waals surface area contributed by atoms with Crippen molar-refractivity contribution in [2.75, 3.05) is 20.6 Å². The van der Waals surface area contributed by atoms with E-state index in [0.29, 0.717) is 0 Å². The zero-order chi connectivity index (χ0) is 11.1. The molecule has 0 aromatic carbocycles. The van der Waals surface area contributed by atoms with Gasteiger partial charge in [-0.3, -0.25) is 9.59 Å². The molecule has 6 heteroatoms. The first kappa shape index (κ1) is 12.4. The van der Waals surface area contributed by atoms with Gasteiger partial charge >= 0.3 is 12.0 Å². The number of rotatable bonds is 5. The number of nitrogens with zero attached hydrogens (tertiary/aromatic N) is 1. The first-order valence-corrected chi connectivity index (χ1v) is 4.12. The van der Waals surface area contributed by atoms with Crippen molar-refractivity contribution in [3.8, 4) is 0 Å². The number of ketones is 1. The Labute approximate surface area is 81.9 Å². The van der Waals surface area contributed by atoms with Crippen molar-refractivity contribution in [2.24, 2.45) is 0 Å². The smallest absolute Gasteiger partial charge is 0.317 e. The predicted octanol–water partition coefficient (Wildman–Crippen LogP) is -0.309. The van der Waals surface area contributed by atoms with Crippen molar-refractivity contribution in [1.82, 2.24) is 10.2 Å². The minimum Gasteiger partial charge on any atom is -0.481 e. The SMILES string of the molecule is CN(C)C(=O)NCC(=O)CCC(=O)O. The van der Waals surface area contributed by atoms with Gasteiger partial charge in [0.25, 0.3) is 0 Å². The van der Waals surface area contributed by atoms with Crippen molar-refractivity contribution in [3.05, 3.63) is 0 Å². The van der Waals surface area contributed by atoms with Crippen LogP contribution < -0.4 is 5.32 Å². The van der Waals surface area contributed by atoms with Crippen LogP contribution in [-0.4, -0.2) is 48.4 Å². The van der Waals surface area contributed by atoms with E-state index in [1.807, 2.05) is 0 Å². The molecule has 0 saturated heterocycles. The molecule has 0 atom stereocenters. The normalized spacial score (nSPS) is 9.29. The molecule has 0 unspecified atom stereocenters. The number of Topliss-reactive ketones (excluding diaryl/α,β-unsaturated/α-hetero) is 1. The lowest BCUT2D eigenvalue weighted by Gasteiger charge is -2.10. The second-order valence-electron chi connectivity index (χ2n) is 2.99. The molecule has 0 fully saturated rings. The minimum absolute atomic E-state index is 0.0525. The van der Waals surface area contributed by atoms with Crippen molar-refractivity contribution in [3.63, 3.8) is 0 Å². The molecule has 0 aliphatic carbocycles. The number of hydrogen-bond donors (Lipinski definition) is 2. The molecule has 0 saturated carbocycles. The summed E-state index contributed by atoms with van der Waals surface area (Å²) in [6, 6.07) is -0.367. The molecule has 2 N–H and O–H groups in total. The van der Waals surface area contributed by atoms with Crippen molar-refractivity contribution >= 4 is 17.8 Å². The maximum Gasteiger partial charge on any atom is 0.317 e. The zero-order valence-corrected chi connectivity index (χ0v) is 8.24. The number of amides is 2. The van der Waals surface area contributed by atoms with Gasteiger partial charge in [0, 0.05) is 20.5 Å². The molecule has 2 amide bonds. The van der Waals surface area contributed by atoms with E-state index in [9.17, 15) is 14.4 Å². The van der Waals surface area contributed by atoms with Gasteiger partial charge in [0.15, 0.2) is 5.78 Å². The maximum absolute atomic E-state index is 11.0. The van der Waals surface area contributed by atoms with E-state index in [4.69, 9.17) is 5.11 Å². The predicted molar refractivity (Wildman–Crippen MR) is 49.0 cm³/mol. The van der Waals surface area contributed by atoms with Gasteiger partial charge in [-0.1, -0.05) is 0 Å². The number of nitrogens with one attached hydrogen (secondary N) is 1. The molecule has 0 radical (unpaired) electrons. The zero-order valence-electron chi connectivity index (χ0n) is 8.24. The summed E-state index contributed by atoms with van der Waals surface area (Å²) in [4.78, 5) is 33.3. The van der Waals surface area contributed by atoms with Gasteiger partial charge in [0.1, 0.15) is 0 Å². The Bertz CT molecular complexity index is 237. The van der Waals surface area contributed by atoms with Crippen LogP contribution in [0.5, 0.6) is 0 Å². The monoisotopic (exact) mass is 202 g/mol. The van der Waals surface area contributed by atoms with Gasteiger partial charge in [0.2, 0.25) is 0 Å². The molecule has 0 bridgehead atoms. The van der Waals surface area contributed by atoms with Crippen molar-refractivity contribution in [1.29, 1.82) is 0 Å². The second kappa shape index (κ2) is 5.95. The molecule has 0 aromatic heterocycles. The molecule has 0 rings (SSSR count). The van der Waals surface area contributed by atoms with Crippen LogP contribution in [0.15, 0.2) is 0 Å². The summed E-state index contributed by atoms with van der Waals surface area (Å²) in [5.74, 6) is -1.31. The van der Waals surface area contributed by atoms with Gasteiger partial charge in [0.05, 0.1) is 13.0 Å². The summed E-state index contributed by atoms with van der Waals surface area (Å²) in [6.45, 7) is -0.121. The Hall–Kier alpha value is -1.59. The van der Waals surface area contributed by atoms with Gasteiger partial charge in [-0.25, -0.2) is 4.79 Å². The van der Waals surface area contributed by atoms with Crippen LogP contribution in [0.4, 0.5) is 4.79 Å². The molecule has 0 aliphatic heterocycles. The summed E-state index contributed by atoms with van der Waals surface area (Å²) in [5.41, 5.74) is 0. The Morgan fingerprint density at radius 1 is 1.21 bits per heavy atom. The van der Waals surface area contributed by atoms with E-state index in [2.05, 4.69) is 5.32 Å². The van der Waals surface area contributed by atoms with Crippen molar-refractivity contribution in [2.45, 2.75) is 12.8 Å². The van der Waals surface area contributed by atoms with E-state index in [0.717, 1.165) is 0 Å². The summed E-state index contributed by atoms with van der Waals surface area (Å²) in [7, 11) is 3.11. The molecule has 0 spiro atoms. The summed E-state index contributed by atoms with van der Waals surface area (Å²) in [5, 5.41) is 10.6. The highest BCUT2D eigenvalue weighted by Gasteiger charge is 2.08. The average Bonchev–Trinajstić information content (AvgIpc) is 2.10. The lowest BCUT2D eigenvalue weighted by molar-refractivity contribution is -0.138. The molecule has 80 valence electrons. The number of carbonyl (C=O) groups is 3. The quantitative estimate of drug-likeness (QED) is 0.640. The van der Waals surface area contributed by atoms with Crippen LogP contribution in [0.1, 0.15) is 12.8 Å². The first-order valence-electron chi connectivity index (χ1n) is 4.12. The standard InChI is InChI=1S/C8H14N2O4/c1-10(2)8(14)9-5-6(11)3-4-7(12)13/h3-5H2,1-2H3,(H,9,14)(H,12,13). The third-order valence-electron chi connectivity index (χ3n) is 1.46. The maximum atomic E-state index is 11.0. The molecule has 14 heavy (non-hydrogen) atoms. The third kappa shape index (κ3) is 5.99. The molecule has 0 heterocycles. The van der Waals surface area contributed by atoms with Gasteiger partial charge in [-0.2, -0.15) is 0 Å². The van der Waals surface area contributed by atoms with E-state index < -0.39 is 5.97 Å². The highest BCUT2D eigenvalue weighted by Crippen LogP contribution is 1.90. The molecular weight excluding hydrogens is 188 g/mol. The fourth-order valence-corrected chi connectivity index (χ4v) is 0.667. The topological polar surface area (TPSA) is 86.7 Å². The number of hydrogen-bond acceptors (Lipinski definition) is 3. The number of carbonyl (C=O) groups excluding carboxylic acids is 2. The summed E-state index contributed by atoms with van der Waals surface area (Å²) in [6.07, 6.45) is -0.250. The van der Waals surface area contributed by atoms with Crippen LogP contribution in [0, 0.1) is 0 Å². The number of aliphatic carboxylic acids is 1. The van der Waals surface area contributed by atoms with Crippen molar-refractivity contribution < 1.29 is 19.5 Å². The number of urea groups is 1. The van der Waals surface area contributed by atoms with Gasteiger partial charge in [-0.15, -0.1) is 0 Å². The van der Waals surface area contributed by atoms with Crippen LogP contribution >= 0.6 is 0 Å². The minimum atomic E-state index is -1.02. The Morgan fingerprint density at radius 3 is 2.21 bits per heavy atom. The number of carboxylic acid groups (broad SMARTS) is 1. The Balaban J connectivity index is 3.64. The van der Waals surface area contributed by atoms with Crippen LogP contribution in [0.25, 0.3) is 0 Å². The largest absolute Gasteiger partial charge is 0.481 e. The fraction of sp³-hybridized carbons (Fsp3) is 0.625. The number of carboxylic acids is 1. The lowest BCUT2D eigenvalue weighted by Crippen LogP contribution is -2.37. The molecule has 0 aromatic rings. The van der Waals surface area contributed by atoms with Crippen LogP contribution in [0.3, 0.4) is 0 Å². The fourth-order valence-electron chi connectivity index (χ4n) is 0.667. The molecular formula is C8H14N2O4. The highest BCUT2D eigenvalue weighted by molar-refractivity contribution is 5.87. The van der Waals surface area contributed by atoms with Crippen LogP contribution in [-0.2, 0) is 9.59 Å². The molecule has 0 aliphatic rings. The Morgan fingerprint density at radius 2 is 1.79 bits per heavy atom. The second-order valence-corrected chi connectivity index (χ2v) is 2.99. The van der Waals surface area contributed by atoms with Gasteiger partial charge < -0.3 is 15.3 Å². The lowest BCUT2D eigenvalue weighted by atomic mass is 10.2. The van der Waals surface area contributed by atoms with E-state index in [1.54, 1.807) is 14.1 Å². The van der Waals surface area contributed by atoms with E-state index >= 15 is 0 Å². The third-order valence-corrected chi connectivity index (χ3v) is 1.46. The summed E-state index contributed by atoms with van der Waals surface area (Å²) < 4.78 is 0. The summed E-state index contributed by atoms with van der Waals surface area (Å²) >= 11 is 0.